The summed E-state index contributed by atoms with van der Waals surface area (Å²) in [6, 6.07) is 13.3. The molecule has 1 N–H and O–H groups in total. The number of ketones is 1. The first-order valence-corrected chi connectivity index (χ1v) is 8.64. The van der Waals surface area contributed by atoms with Crippen LogP contribution in [0.1, 0.15) is 46.2 Å². The van der Waals surface area contributed by atoms with Crippen molar-refractivity contribution in [2.75, 3.05) is 18.4 Å². The summed E-state index contributed by atoms with van der Waals surface area (Å²) in [6.45, 7) is 4.82. The number of pyridine rings is 1. The van der Waals surface area contributed by atoms with Crippen LogP contribution in [-0.4, -0.2) is 40.7 Å². The van der Waals surface area contributed by atoms with Gasteiger partial charge in [-0.25, -0.2) is 4.98 Å². The van der Waals surface area contributed by atoms with Crippen LogP contribution in [0.15, 0.2) is 42.5 Å². The van der Waals surface area contributed by atoms with Gasteiger partial charge in [0.15, 0.2) is 5.78 Å². The summed E-state index contributed by atoms with van der Waals surface area (Å²) in [5.41, 5.74) is 1.98. The molecule has 3 rings (SSSR count). The Bertz CT molecular complexity index is 780. The number of hydrogen-bond donors (Lipinski definition) is 1. The van der Waals surface area contributed by atoms with Crippen molar-refractivity contribution >= 4 is 17.5 Å². The van der Waals surface area contributed by atoms with Crippen LogP contribution in [-0.2, 0) is 0 Å². The number of anilines is 1. The smallest absolute Gasteiger partial charge is 0.254 e. The summed E-state index contributed by atoms with van der Waals surface area (Å²) in [5.74, 6) is 0.746. The van der Waals surface area contributed by atoms with Gasteiger partial charge < -0.3 is 10.2 Å². The van der Waals surface area contributed by atoms with E-state index in [4.69, 9.17) is 0 Å². The molecule has 1 aromatic carbocycles. The number of likely N-dealkylation sites (tertiary alicyclic amines) is 1. The zero-order valence-electron chi connectivity index (χ0n) is 14.7. The van der Waals surface area contributed by atoms with Gasteiger partial charge in [-0.05, 0) is 44.9 Å². The van der Waals surface area contributed by atoms with E-state index in [0.717, 1.165) is 24.4 Å². The number of carbonyl (C=O) groups is 2. The Hall–Kier alpha value is -2.69. The summed E-state index contributed by atoms with van der Waals surface area (Å²) in [6.07, 6.45) is 1.73. The third-order valence-electron chi connectivity index (χ3n) is 4.56. The predicted molar refractivity (Wildman–Crippen MR) is 98.0 cm³/mol. The molecule has 1 aromatic heterocycles. The van der Waals surface area contributed by atoms with E-state index in [9.17, 15) is 9.59 Å². The summed E-state index contributed by atoms with van der Waals surface area (Å²) in [7, 11) is 0. The highest BCUT2D eigenvalue weighted by atomic mass is 16.2. The van der Waals surface area contributed by atoms with Crippen molar-refractivity contribution in [1.82, 2.24) is 9.88 Å². The first-order chi connectivity index (χ1) is 12.0. The number of benzene rings is 1. The van der Waals surface area contributed by atoms with Crippen molar-refractivity contribution in [3.63, 3.8) is 0 Å². The molecule has 0 spiro atoms. The van der Waals surface area contributed by atoms with Crippen LogP contribution in [0.5, 0.6) is 0 Å². The van der Waals surface area contributed by atoms with E-state index in [2.05, 4.69) is 10.3 Å². The number of carbonyl (C=O) groups excluding carboxylic acids is 2. The molecule has 130 valence electrons. The normalized spacial score (nSPS) is 15.0. The number of piperidine rings is 1. The average molecular weight is 337 g/mol. The topological polar surface area (TPSA) is 62.3 Å². The van der Waals surface area contributed by atoms with Crippen molar-refractivity contribution in [3.8, 4) is 0 Å². The van der Waals surface area contributed by atoms with Crippen LogP contribution in [0.4, 0.5) is 5.82 Å². The highest BCUT2D eigenvalue weighted by molar-refractivity contribution is 6.07. The van der Waals surface area contributed by atoms with Gasteiger partial charge in [-0.1, -0.05) is 24.3 Å². The zero-order chi connectivity index (χ0) is 17.8. The van der Waals surface area contributed by atoms with Gasteiger partial charge in [0, 0.05) is 30.4 Å². The second kappa shape index (κ2) is 7.47. The number of amides is 1. The second-order valence-corrected chi connectivity index (χ2v) is 6.48. The first-order valence-electron chi connectivity index (χ1n) is 8.64. The number of nitrogens with zero attached hydrogens (tertiary/aromatic N) is 2. The fraction of sp³-hybridized carbons (Fsp3) is 0.350. The lowest BCUT2D eigenvalue weighted by atomic mass is 10.0. The maximum Gasteiger partial charge on any atom is 0.254 e. The summed E-state index contributed by atoms with van der Waals surface area (Å²) in [5, 5.41) is 3.45. The molecule has 0 bridgehead atoms. The average Bonchev–Trinajstić information content (AvgIpc) is 2.62. The molecule has 1 aliphatic heterocycles. The summed E-state index contributed by atoms with van der Waals surface area (Å²) < 4.78 is 0. The molecule has 2 heterocycles. The molecule has 5 nitrogen and oxygen atoms in total. The quantitative estimate of drug-likeness (QED) is 0.870. The number of aryl methyl sites for hydroxylation is 1. The van der Waals surface area contributed by atoms with Crippen LogP contribution >= 0.6 is 0 Å². The monoisotopic (exact) mass is 337 g/mol. The van der Waals surface area contributed by atoms with E-state index in [1.165, 1.54) is 6.92 Å². The Kier molecular flexibility index (Phi) is 5.12. The summed E-state index contributed by atoms with van der Waals surface area (Å²) >= 11 is 0. The van der Waals surface area contributed by atoms with Gasteiger partial charge in [0.2, 0.25) is 0 Å². The van der Waals surface area contributed by atoms with Gasteiger partial charge in [0.1, 0.15) is 5.82 Å². The van der Waals surface area contributed by atoms with E-state index >= 15 is 0 Å². The highest BCUT2D eigenvalue weighted by Crippen LogP contribution is 2.19. The molecule has 1 fully saturated rings. The van der Waals surface area contributed by atoms with Gasteiger partial charge in [0.05, 0.1) is 5.56 Å². The number of aromatic nitrogens is 1. The molecule has 5 heteroatoms. The number of rotatable bonds is 4. The van der Waals surface area contributed by atoms with Crippen molar-refractivity contribution in [1.29, 1.82) is 0 Å². The SMILES string of the molecule is CC(=O)c1ccccc1C(=O)N1CCC(Nc2cccc(C)n2)CC1. The Morgan fingerprint density at radius 2 is 1.72 bits per heavy atom. The molecular formula is C20H23N3O2. The van der Waals surface area contributed by atoms with Crippen LogP contribution in [0.3, 0.4) is 0 Å². The van der Waals surface area contributed by atoms with Crippen LogP contribution in [0.25, 0.3) is 0 Å². The molecule has 1 saturated heterocycles. The lowest BCUT2D eigenvalue weighted by molar-refractivity contribution is 0.0714. The van der Waals surface area contributed by atoms with Crippen molar-refractivity contribution in [2.45, 2.75) is 32.7 Å². The van der Waals surface area contributed by atoms with E-state index in [0.29, 0.717) is 30.3 Å². The lowest BCUT2D eigenvalue weighted by Gasteiger charge is -2.33. The zero-order valence-corrected chi connectivity index (χ0v) is 14.7. The van der Waals surface area contributed by atoms with Gasteiger partial charge in [-0.3, -0.25) is 9.59 Å². The largest absolute Gasteiger partial charge is 0.367 e. The first kappa shape index (κ1) is 17.1. The lowest BCUT2D eigenvalue weighted by Crippen LogP contribution is -2.42. The maximum absolute atomic E-state index is 12.8. The fourth-order valence-corrected chi connectivity index (χ4v) is 3.21. The molecule has 1 aliphatic rings. The minimum Gasteiger partial charge on any atom is -0.367 e. The minimum absolute atomic E-state index is 0.0575. The predicted octanol–water partition coefficient (Wildman–Crippen LogP) is 3.31. The van der Waals surface area contributed by atoms with Crippen LogP contribution in [0, 0.1) is 6.92 Å². The number of nitrogens with one attached hydrogen (secondary N) is 1. The third kappa shape index (κ3) is 4.05. The van der Waals surface area contributed by atoms with Crippen LogP contribution in [0.2, 0.25) is 0 Å². The van der Waals surface area contributed by atoms with E-state index in [1.54, 1.807) is 24.3 Å². The summed E-state index contributed by atoms with van der Waals surface area (Å²) in [4.78, 5) is 30.8. The Morgan fingerprint density at radius 1 is 1.04 bits per heavy atom. The van der Waals surface area contributed by atoms with Crippen molar-refractivity contribution < 1.29 is 9.59 Å². The Labute approximate surface area is 148 Å². The fourth-order valence-electron chi connectivity index (χ4n) is 3.21. The molecule has 0 saturated carbocycles. The molecule has 2 aromatic rings. The van der Waals surface area contributed by atoms with Gasteiger partial charge in [-0.2, -0.15) is 0 Å². The number of hydrogen-bond acceptors (Lipinski definition) is 4. The number of Topliss-reactive ketones (excluding diaryl/α,β-unsaturated/α-hetero) is 1. The minimum atomic E-state index is -0.0778. The van der Waals surface area contributed by atoms with E-state index < -0.39 is 0 Å². The Balaban J connectivity index is 1.62. The highest BCUT2D eigenvalue weighted by Gasteiger charge is 2.25. The van der Waals surface area contributed by atoms with E-state index in [-0.39, 0.29) is 11.7 Å². The van der Waals surface area contributed by atoms with Gasteiger partial charge in [-0.15, -0.1) is 0 Å². The standard InChI is InChI=1S/C20H23N3O2/c1-14-6-5-9-19(21-14)22-16-10-12-23(13-11-16)20(25)18-8-4-3-7-17(18)15(2)24/h3-9,16H,10-13H2,1-2H3,(H,21,22). The third-order valence-corrected chi connectivity index (χ3v) is 4.56. The molecule has 0 aliphatic carbocycles. The molecule has 0 atom stereocenters. The van der Waals surface area contributed by atoms with Gasteiger partial charge in [0.25, 0.3) is 5.91 Å². The van der Waals surface area contributed by atoms with Gasteiger partial charge >= 0.3 is 0 Å². The Morgan fingerprint density at radius 3 is 2.36 bits per heavy atom. The maximum atomic E-state index is 12.8. The molecule has 25 heavy (non-hydrogen) atoms. The second-order valence-electron chi connectivity index (χ2n) is 6.48. The molecule has 1 amide bonds. The van der Waals surface area contributed by atoms with E-state index in [1.807, 2.05) is 30.0 Å². The molecular weight excluding hydrogens is 314 g/mol. The van der Waals surface area contributed by atoms with Crippen molar-refractivity contribution in [2.24, 2.45) is 0 Å². The van der Waals surface area contributed by atoms with Crippen molar-refractivity contribution in [3.05, 3.63) is 59.3 Å². The van der Waals surface area contributed by atoms with Crippen LogP contribution < -0.4 is 5.32 Å². The molecule has 0 unspecified atom stereocenters. The molecule has 0 radical (unpaired) electrons.